The maximum Gasteiger partial charge on any atom is 0.338 e. The standard InChI is InChI=1S/C19H17Cl2NO3/c20-16-8-7-15(10-17(16)21)22-18(23)11-25-19(24)14-6-5-12-3-1-2-4-13(12)9-14/h5-10H,1-4,11H2,(H,22,23). The van der Waals surface area contributed by atoms with Gasteiger partial charge >= 0.3 is 5.97 Å². The first-order valence-corrected chi connectivity index (χ1v) is 8.82. The fourth-order valence-electron chi connectivity index (χ4n) is 2.85. The minimum atomic E-state index is -0.502. The molecule has 0 aromatic heterocycles. The number of carbonyl (C=O) groups excluding carboxylic acids is 2. The highest BCUT2D eigenvalue weighted by atomic mass is 35.5. The molecule has 130 valence electrons. The predicted octanol–water partition coefficient (Wildman–Crippen LogP) is 4.67. The number of esters is 1. The van der Waals surface area contributed by atoms with Gasteiger partial charge in [0.25, 0.3) is 5.91 Å². The number of hydrogen-bond donors (Lipinski definition) is 1. The number of nitrogens with one attached hydrogen (secondary N) is 1. The van der Waals surface area contributed by atoms with E-state index in [2.05, 4.69) is 5.32 Å². The van der Waals surface area contributed by atoms with Crippen molar-refractivity contribution in [3.05, 3.63) is 63.1 Å². The van der Waals surface area contributed by atoms with Gasteiger partial charge in [-0.25, -0.2) is 4.79 Å². The lowest BCUT2D eigenvalue weighted by molar-refractivity contribution is -0.119. The smallest absolute Gasteiger partial charge is 0.338 e. The zero-order valence-corrected chi connectivity index (χ0v) is 15.0. The highest BCUT2D eigenvalue weighted by Crippen LogP contribution is 2.25. The Hall–Kier alpha value is -2.04. The molecule has 0 spiro atoms. The lowest BCUT2D eigenvalue weighted by atomic mass is 9.90. The van der Waals surface area contributed by atoms with Crippen molar-refractivity contribution in [1.29, 1.82) is 0 Å². The second kappa shape index (κ2) is 7.89. The summed E-state index contributed by atoms with van der Waals surface area (Å²) in [6, 6.07) is 10.3. The third-order valence-corrected chi connectivity index (χ3v) is 4.86. The molecule has 25 heavy (non-hydrogen) atoms. The molecule has 0 atom stereocenters. The Bertz CT molecular complexity index is 820. The summed E-state index contributed by atoms with van der Waals surface area (Å²) in [6.45, 7) is -0.365. The molecule has 1 aliphatic carbocycles. The molecule has 0 aliphatic heterocycles. The number of aryl methyl sites for hydroxylation is 2. The quantitative estimate of drug-likeness (QED) is 0.787. The molecule has 2 aromatic carbocycles. The molecule has 4 nitrogen and oxygen atoms in total. The van der Waals surface area contributed by atoms with Crippen LogP contribution in [0.5, 0.6) is 0 Å². The van der Waals surface area contributed by atoms with E-state index in [4.69, 9.17) is 27.9 Å². The number of benzene rings is 2. The summed E-state index contributed by atoms with van der Waals surface area (Å²) in [7, 11) is 0. The summed E-state index contributed by atoms with van der Waals surface area (Å²) < 4.78 is 5.10. The van der Waals surface area contributed by atoms with E-state index in [-0.39, 0.29) is 6.61 Å². The Labute approximate surface area is 156 Å². The van der Waals surface area contributed by atoms with Gasteiger partial charge < -0.3 is 10.1 Å². The minimum Gasteiger partial charge on any atom is -0.452 e. The van der Waals surface area contributed by atoms with Crippen LogP contribution in [0, 0.1) is 0 Å². The number of ether oxygens (including phenoxy) is 1. The van der Waals surface area contributed by atoms with Gasteiger partial charge in [0, 0.05) is 5.69 Å². The summed E-state index contributed by atoms with van der Waals surface area (Å²) >= 11 is 11.7. The van der Waals surface area contributed by atoms with Crippen LogP contribution in [0.4, 0.5) is 5.69 Å². The molecule has 0 fully saturated rings. The summed E-state index contributed by atoms with van der Waals surface area (Å²) in [4.78, 5) is 24.1. The Morgan fingerprint density at radius 3 is 2.48 bits per heavy atom. The SMILES string of the molecule is O=C(COC(=O)c1ccc2c(c1)CCCC2)Nc1ccc(Cl)c(Cl)c1. The Kier molecular flexibility index (Phi) is 5.61. The van der Waals surface area contributed by atoms with Crippen molar-refractivity contribution >= 4 is 40.8 Å². The number of amides is 1. The number of fused-ring (bicyclic) bond motifs is 1. The van der Waals surface area contributed by atoms with E-state index >= 15 is 0 Å². The molecule has 1 N–H and O–H groups in total. The highest BCUT2D eigenvalue weighted by Gasteiger charge is 2.15. The van der Waals surface area contributed by atoms with E-state index in [9.17, 15) is 9.59 Å². The molecule has 0 saturated carbocycles. The number of carbonyl (C=O) groups is 2. The molecule has 0 bridgehead atoms. The van der Waals surface area contributed by atoms with Crippen LogP contribution in [0.1, 0.15) is 34.3 Å². The van der Waals surface area contributed by atoms with Gasteiger partial charge in [-0.05, 0) is 67.1 Å². The largest absolute Gasteiger partial charge is 0.452 e. The Morgan fingerprint density at radius 2 is 1.72 bits per heavy atom. The Balaban J connectivity index is 1.56. The first kappa shape index (κ1) is 17.8. The lowest BCUT2D eigenvalue weighted by Gasteiger charge is -2.16. The monoisotopic (exact) mass is 377 g/mol. The van der Waals surface area contributed by atoms with Gasteiger partial charge in [-0.2, -0.15) is 0 Å². The molecule has 1 aliphatic rings. The number of hydrogen-bond acceptors (Lipinski definition) is 3. The first-order chi connectivity index (χ1) is 12.0. The average molecular weight is 378 g/mol. The number of halogens is 2. The Morgan fingerprint density at radius 1 is 0.960 bits per heavy atom. The van der Waals surface area contributed by atoms with E-state index in [0.29, 0.717) is 21.3 Å². The maximum absolute atomic E-state index is 12.1. The molecule has 0 heterocycles. The van der Waals surface area contributed by atoms with E-state index in [1.54, 1.807) is 18.2 Å². The highest BCUT2D eigenvalue weighted by molar-refractivity contribution is 6.42. The molecule has 1 amide bonds. The molecule has 0 unspecified atom stereocenters. The summed E-state index contributed by atoms with van der Waals surface area (Å²) in [5.74, 6) is -0.942. The minimum absolute atomic E-state index is 0.338. The van der Waals surface area contributed by atoms with Crippen LogP contribution >= 0.6 is 23.2 Å². The van der Waals surface area contributed by atoms with Crippen molar-refractivity contribution in [2.75, 3.05) is 11.9 Å². The van der Waals surface area contributed by atoms with Crippen molar-refractivity contribution < 1.29 is 14.3 Å². The summed E-state index contributed by atoms with van der Waals surface area (Å²) in [5, 5.41) is 3.35. The van der Waals surface area contributed by atoms with Crippen molar-refractivity contribution in [1.82, 2.24) is 0 Å². The van der Waals surface area contributed by atoms with Crippen LogP contribution in [-0.4, -0.2) is 18.5 Å². The van der Waals surface area contributed by atoms with E-state index in [1.165, 1.54) is 23.6 Å². The van der Waals surface area contributed by atoms with Gasteiger partial charge in [0.05, 0.1) is 15.6 Å². The fourth-order valence-corrected chi connectivity index (χ4v) is 3.14. The van der Waals surface area contributed by atoms with Crippen LogP contribution in [0.3, 0.4) is 0 Å². The maximum atomic E-state index is 12.1. The van der Waals surface area contributed by atoms with E-state index in [1.807, 2.05) is 12.1 Å². The first-order valence-electron chi connectivity index (χ1n) is 8.07. The second-order valence-corrected chi connectivity index (χ2v) is 6.76. The van der Waals surface area contributed by atoms with Crippen molar-refractivity contribution in [3.63, 3.8) is 0 Å². The topological polar surface area (TPSA) is 55.4 Å². The molecule has 3 rings (SSSR count). The van der Waals surface area contributed by atoms with Gasteiger partial charge in [0.15, 0.2) is 6.61 Å². The van der Waals surface area contributed by atoms with Crippen LogP contribution in [0.15, 0.2) is 36.4 Å². The van der Waals surface area contributed by atoms with Crippen LogP contribution < -0.4 is 5.32 Å². The summed E-state index contributed by atoms with van der Waals surface area (Å²) in [5.41, 5.74) is 3.45. The average Bonchev–Trinajstić information content (AvgIpc) is 2.62. The summed E-state index contributed by atoms with van der Waals surface area (Å²) in [6.07, 6.45) is 4.36. The fraction of sp³-hybridized carbons (Fsp3) is 0.263. The van der Waals surface area contributed by atoms with Gasteiger partial charge in [-0.3, -0.25) is 4.79 Å². The van der Waals surface area contributed by atoms with Crippen molar-refractivity contribution in [2.24, 2.45) is 0 Å². The molecule has 0 radical (unpaired) electrons. The zero-order valence-electron chi connectivity index (χ0n) is 13.5. The van der Waals surface area contributed by atoms with Crippen molar-refractivity contribution in [2.45, 2.75) is 25.7 Å². The molecular formula is C19H17Cl2NO3. The zero-order chi connectivity index (χ0) is 17.8. The van der Waals surface area contributed by atoms with Crippen LogP contribution in [0.2, 0.25) is 10.0 Å². The normalized spacial score (nSPS) is 13.0. The molecular weight excluding hydrogens is 361 g/mol. The predicted molar refractivity (Wildman–Crippen MR) is 98.5 cm³/mol. The van der Waals surface area contributed by atoms with E-state index in [0.717, 1.165) is 19.3 Å². The lowest BCUT2D eigenvalue weighted by Crippen LogP contribution is -2.21. The van der Waals surface area contributed by atoms with Gasteiger partial charge in [0.1, 0.15) is 0 Å². The van der Waals surface area contributed by atoms with Crippen LogP contribution in [0.25, 0.3) is 0 Å². The molecule has 2 aromatic rings. The molecule has 6 heteroatoms. The van der Waals surface area contributed by atoms with Crippen LogP contribution in [-0.2, 0) is 22.4 Å². The second-order valence-electron chi connectivity index (χ2n) is 5.94. The van der Waals surface area contributed by atoms with Gasteiger partial charge in [-0.15, -0.1) is 0 Å². The third-order valence-electron chi connectivity index (χ3n) is 4.12. The molecule has 0 saturated heterocycles. The van der Waals surface area contributed by atoms with E-state index < -0.39 is 11.9 Å². The van der Waals surface area contributed by atoms with Gasteiger partial charge in [0.2, 0.25) is 0 Å². The van der Waals surface area contributed by atoms with Crippen molar-refractivity contribution in [3.8, 4) is 0 Å². The third kappa shape index (κ3) is 4.53. The number of anilines is 1. The number of rotatable bonds is 4. The van der Waals surface area contributed by atoms with Gasteiger partial charge in [-0.1, -0.05) is 29.3 Å².